The first-order chi connectivity index (χ1) is 18.3. The monoisotopic (exact) mass is 540 g/mol. The minimum absolute atomic E-state index is 0.104. The molecule has 2 aromatic carbocycles. The van der Waals surface area contributed by atoms with Crippen molar-refractivity contribution in [3.63, 3.8) is 0 Å². The molecule has 38 heavy (non-hydrogen) atoms. The first-order valence-electron chi connectivity index (χ1n) is 13.1. The SMILES string of the molecule is COc1ccc(Oc2c(Cl)ncnc2NC2CCN(Cc3cc(OC(C)C)cc(OC(C)C)c3)CC2)cc1. The van der Waals surface area contributed by atoms with Crippen molar-refractivity contribution < 1.29 is 18.9 Å². The average Bonchev–Trinajstić information content (AvgIpc) is 2.87. The van der Waals surface area contributed by atoms with Crippen molar-refractivity contribution in [2.45, 2.75) is 65.3 Å². The highest BCUT2D eigenvalue weighted by atomic mass is 35.5. The topological polar surface area (TPSA) is 78.0 Å². The third kappa shape index (κ3) is 7.88. The van der Waals surface area contributed by atoms with Crippen molar-refractivity contribution in [1.82, 2.24) is 14.9 Å². The van der Waals surface area contributed by atoms with Crippen molar-refractivity contribution in [1.29, 1.82) is 0 Å². The van der Waals surface area contributed by atoms with E-state index in [2.05, 4.69) is 32.3 Å². The standard InChI is InChI=1S/C29H37ClN4O4/c1-19(2)36-25-14-21(15-26(16-25)37-20(3)4)17-34-12-10-22(11-13-34)33-29-27(28(30)31-18-32-29)38-24-8-6-23(35-5)7-9-24/h6-9,14-16,18-20,22H,10-13,17H2,1-5H3,(H,31,32,33). The Morgan fingerprint density at radius 1 is 0.895 bits per heavy atom. The zero-order chi connectivity index (χ0) is 27.1. The summed E-state index contributed by atoms with van der Waals surface area (Å²) in [6.07, 6.45) is 3.58. The van der Waals surface area contributed by atoms with E-state index in [-0.39, 0.29) is 23.4 Å². The summed E-state index contributed by atoms with van der Waals surface area (Å²) in [5.41, 5.74) is 1.18. The number of hydrogen-bond donors (Lipinski definition) is 1. The van der Waals surface area contributed by atoms with Crippen LogP contribution in [0.1, 0.15) is 46.1 Å². The van der Waals surface area contributed by atoms with Gasteiger partial charge < -0.3 is 24.3 Å². The molecule has 2 heterocycles. The molecule has 1 aliphatic heterocycles. The van der Waals surface area contributed by atoms with Crippen LogP contribution in [0.2, 0.25) is 5.15 Å². The maximum absolute atomic E-state index is 6.39. The van der Waals surface area contributed by atoms with Gasteiger partial charge in [0.2, 0.25) is 5.75 Å². The third-order valence-corrected chi connectivity index (χ3v) is 6.33. The van der Waals surface area contributed by atoms with Gasteiger partial charge in [-0.1, -0.05) is 11.6 Å². The number of likely N-dealkylation sites (tertiary alicyclic amines) is 1. The van der Waals surface area contributed by atoms with E-state index in [1.165, 1.54) is 11.9 Å². The van der Waals surface area contributed by atoms with E-state index in [9.17, 15) is 0 Å². The maximum Gasteiger partial charge on any atom is 0.206 e. The molecule has 0 atom stereocenters. The third-order valence-electron chi connectivity index (χ3n) is 6.06. The molecule has 0 unspecified atom stereocenters. The lowest BCUT2D eigenvalue weighted by Crippen LogP contribution is -2.38. The van der Waals surface area contributed by atoms with Gasteiger partial charge >= 0.3 is 0 Å². The summed E-state index contributed by atoms with van der Waals surface area (Å²) in [4.78, 5) is 11.0. The minimum Gasteiger partial charge on any atom is -0.497 e. The highest BCUT2D eigenvalue weighted by molar-refractivity contribution is 6.31. The first kappa shape index (κ1) is 27.8. The summed E-state index contributed by atoms with van der Waals surface area (Å²) in [6.45, 7) is 10.9. The molecule has 4 rings (SSSR count). The van der Waals surface area contributed by atoms with Crippen molar-refractivity contribution in [2.24, 2.45) is 0 Å². The number of halogens is 1. The molecule has 0 amide bonds. The Morgan fingerprint density at radius 2 is 1.50 bits per heavy atom. The summed E-state index contributed by atoms with van der Waals surface area (Å²) in [5.74, 6) is 4.07. The molecule has 0 spiro atoms. The number of methoxy groups -OCH3 is 1. The lowest BCUT2D eigenvalue weighted by atomic mass is 10.0. The molecule has 0 bridgehead atoms. The van der Waals surface area contributed by atoms with Gasteiger partial charge in [-0.15, -0.1) is 0 Å². The van der Waals surface area contributed by atoms with E-state index >= 15 is 0 Å². The van der Waals surface area contributed by atoms with Gasteiger partial charge in [-0.2, -0.15) is 0 Å². The second-order valence-electron chi connectivity index (χ2n) is 9.96. The number of piperidine rings is 1. The second-order valence-corrected chi connectivity index (χ2v) is 10.3. The lowest BCUT2D eigenvalue weighted by molar-refractivity contribution is 0.207. The fraction of sp³-hybridized carbons (Fsp3) is 0.448. The fourth-order valence-corrected chi connectivity index (χ4v) is 4.57. The van der Waals surface area contributed by atoms with Gasteiger partial charge in [-0.3, -0.25) is 4.90 Å². The van der Waals surface area contributed by atoms with E-state index in [1.807, 2.05) is 58.0 Å². The van der Waals surface area contributed by atoms with Crippen molar-refractivity contribution in [3.8, 4) is 28.7 Å². The van der Waals surface area contributed by atoms with Crippen molar-refractivity contribution in [3.05, 3.63) is 59.5 Å². The van der Waals surface area contributed by atoms with E-state index in [4.69, 9.17) is 30.5 Å². The van der Waals surface area contributed by atoms with Crippen LogP contribution in [0.25, 0.3) is 0 Å². The lowest BCUT2D eigenvalue weighted by Gasteiger charge is -2.33. The predicted octanol–water partition coefficient (Wildman–Crippen LogP) is 6.58. The van der Waals surface area contributed by atoms with Crippen LogP contribution in [0.5, 0.6) is 28.7 Å². The fourth-order valence-electron chi connectivity index (χ4n) is 4.40. The van der Waals surface area contributed by atoms with Gasteiger partial charge in [0.25, 0.3) is 0 Å². The minimum atomic E-state index is 0.104. The molecule has 1 aromatic heterocycles. The molecule has 8 nitrogen and oxygen atoms in total. The Labute approximate surface area is 230 Å². The molecular formula is C29H37ClN4O4. The van der Waals surface area contributed by atoms with E-state index in [1.54, 1.807) is 7.11 Å². The number of ether oxygens (including phenoxy) is 4. The van der Waals surface area contributed by atoms with Crippen LogP contribution in [0.3, 0.4) is 0 Å². The van der Waals surface area contributed by atoms with Crippen LogP contribution in [0.15, 0.2) is 48.8 Å². The van der Waals surface area contributed by atoms with Crippen molar-refractivity contribution >= 4 is 17.4 Å². The van der Waals surface area contributed by atoms with Gasteiger partial charge in [0.05, 0.1) is 19.3 Å². The summed E-state index contributed by atoms with van der Waals surface area (Å²) >= 11 is 6.39. The Bertz CT molecular complexity index is 1150. The predicted molar refractivity (Wildman–Crippen MR) is 150 cm³/mol. The number of hydrogen-bond acceptors (Lipinski definition) is 8. The first-order valence-corrected chi connectivity index (χ1v) is 13.5. The van der Waals surface area contributed by atoms with Crippen LogP contribution in [-0.2, 0) is 6.54 Å². The van der Waals surface area contributed by atoms with E-state index in [0.29, 0.717) is 17.3 Å². The molecule has 3 aromatic rings. The van der Waals surface area contributed by atoms with Crippen LogP contribution in [-0.4, -0.2) is 53.3 Å². The molecule has 204 valence electrons. The Morgan fingerprint density at radius 3 is 2.08 bits per heavy atom. The summed E-state index contributed by atoms with van der Waals surface area (Å²) in [6, 6.07) is 13.7. The maximum atomic E-state index is 6.39. The molecule has 1 saturated heterocycles. The molecule has 1 aliphatic rings. The number of benzene rings is 2. The number of nitrogens with one attached hydrogen (secondary N) is 1. The normalized spacial score (nSPS) is 14.5. The van der Waals surface area contributed by atoms with E-state index in [0.717, 1.165) is 49.7 Å². The van der Waals surface area contributed by atoms with Gasteiger partial charge in [0.1, 0.15) is 29.3 Å². The van der Waals surface area contributed by atoms with Gasteiger partial charge in [0, 0.05) is 31.7 Å². The molecule has 9 heteroatoms. The van der Waals surface area contributed by atoms with Crippen LogP contribution >= 0.6 is 11.6 Å². The number of rotatable bonds is 11. The van der Waals surface area contributed by atoms with Crippen molar-refractivity contribution in [2.75, 3.05) is 25.5 Å². The van der Waals surface area contributed by atoms with Gasteiger partial charge in [-0.25, -0.2) is 9.97 Å². The zero-order valence-corrected chi connectivity index (χ0v) is 23.5. The largest absolute Gasteiger partial charge is 0.497 e. The highest BCUT2D eigenvalue weighted by Crippen LogP contribution is 2.35. The Kier molecular flexibility index (Phi) is 9.53. The molecular weight excluding hydrogens is 504 g/mol. The average molecular weight is 541 g/mol. The zero-order valence-electron chi connectivity index (χ0n) is 22.7. The molecule has 1 N–H and O–H groups in total. The summed E-state index contributed by atoms with van der Waals surface area (Å²) < 4.78 is 23.2. The summed E-state index contributed by atoms with van der Waals surface area (Å²) in [7, 11) is 1.63. The molecule has 1 fully saturated rings. The van der Waals surface area contributed by atoms with Crippen LogP contribution < -0.4 is 24.3 Å². The van der Waals surface area contributed by atoms with Crippen LogP contribution in [0, 0.1) is 0 Å². The number of anilines is 1. The quantitative estimate of drug-likeness (QED) is 0.273. The molecule has 0 radical (unpaired) electrons. The van der Waals surface area contributed by atoms with E-state index < -0.39 is 0 Å². The Hall–Kier alpha value is -3.23. The Balaban J connectivity index is 1.38. The van der Waals surface area contributed by atoms with Crippen LogP contribution in [0.4, 0.5) is 5.82 Å². The molecule has 0 aliphatic carbocycles. The number of aromatic nitrogens is 2. The molecule has 0 saturated carbocycles. The number of nitrogens with zero attached hydrogens (tertiary/aromatic N) is 3. The second kappa shape index (κ2) is 13.0. The van der Waals surface area contributed by atoms with Gasteiger partial charge in [0.15, 0.2) is 11.0 Å². The van der Waals surface area contributed by atoms with Gasteiger partial charge in [-0.05, 0) is 82.5 Å². The summed E-state index contributed by atoms with van der Waals surface area (Å²) in [5, 5.41) is 3.79. The smallest absolute Gasteiger partial charge is 0.206 e. The highest BCUT2D eigenvalue weighted by Gasteiger charge is 2.23.